The van der Waals surface area contributed by atoms with Gasteiger partial charge in [-0.2, -0.15) is 0 Å². The van der Waals surface area contributed by atoms with Gasteiger partial charge in [0.25, 0.3) is 0 Å². The summed E-state index contributed by atoms with van der Waals surface area (Å²) in [6, 6.07) is 15.3. The maximum atomic E-state index is 13.2. The van der Waals surface area contributed by atoms with Crippen LogP contribution in [0.3, 0.4) is 0 Å². The molecule has 162 valence electrons. The van der Waals surface area contributed by atoms with Crippen LogP contribution in [0.2, 0.25) is 0 Å². The van der Waals surface area contributed by atoms with E-state index in [4.69, 9.17) is 4.99 Å². The molecule has 31 heavy (non-hydrogen) atoms. The molecule has 0 amide bonds. The smallest absolute Gasteiger partial charge is 0.194 e. The summed E-state index contributed by atoms with van der Waals surface area (Å²) in [4.78, 5) is 13.6. The lowest BCUT2D eigenvalue weighted by Crippen LogP contribution is -2.52. The minimum absolute atomic E-state index is 0.196. The van der Waals surface area contributed by atoms with E-state index in [0.29, 0.717) is 6.54 Å². The molecule has 0 aliphatic carbocycles. The van der Waals surface area contributed by atoms with Crippen molar-refractivity contribution < 1.29 is 4.39 Å². The molecule has 0 bridgehead atoms. The van der Waals surface area contributed by atoms with E-state index >= 15 is 0 Å². The highest BCUT2D eigenvalue weighted by Gasteiger charge is 2.19. The van der Waals surface area contributed by atoms with Gasteiger partial charge < -0.3 is 19.7 Å². The number of benzene rings is 2. The summed E-state index contributed by atoms with van der Waals surface area (Å²) in [7, 11) is 0. The summed E-state index contributed by atoms with van der Waals surface area (Å²) in [6.45, 7) is 7.90. The molecule has 1 aromatic heterocycles. The Balaban J connectivity index is 1.38. The number of hydrogen-bond donors (Lipinski definition) is 1. The molecule has 0 radical (unpaired) electrons. The summed E-state index contributed by atoms with van der Waals surface area (Å²) in [5.74, 6) is 0.749. The zero-order valence-electron chi connectivity index (χ0n) is 17.9. The third-order valence-corrected chi connectivity index (χ3v) is 5.43. The predicted molar refractivity (Wildman–Crippen MR) is 123 cm³/mol. The SMILES string of the molecule is CCNC(=NCc1cccc(Cn2ccnc2)c1)N1CCN(c2ccc(F)cc2)CC1. The molecule has 1 N–H and O–H groups in total. The molecular weight excluding hydrogens is 391 g/mol. The van der Waals surface area contributed by atoms with E-state index in [1.165, 1.54) is 23.3 Å². The fourth-order valence-corrected chi connectivity index (χ4v) is 3.84. The molecule has 4 rings (SSSR count). The third-order valence-electron chi connectivity index (χ3n) is 5.43. The fourth-order valence-electron chi connectivity index (χ4n) is 3.84. The molecule has 1 aliphatic heterocycles. The molecule has 1 aliphatic rings. The van der Waals surface area contributed by atoms with E-state index in [-0.39, 0.29) is 5.82 Å². The van der Waals surface area contributed by atoms with Gasteiger partial charge in [0.2, 0.25) is 0 Å². The van der Waals surface area contributed by atoms with E-state index in [9.17, 15) is 4.39 Å². The van der Waals surface area contributed by atoms with E-state index in [2.05, 4.69) is 55.9 Å². The molecule has 0 atom stereocenters. The Labute approximate surface area is 183 Å². The predicted octanol–water partition coefficient (Wildman–Crippen LogP) is 3.36. The highest BCUT2D eigenvalue weighted by atomic mass is 19.1. The van der Waals surface area contributed by atoms with Gasteiger partial charge in [0.15, 0.2) is 5.96 Å². The zero-order valence-corrected chi connectivity index (χ0v) is 17.9. The summed E-state index contributed by atoms with van der Waals surface area (Å²) < 4.78 is 15.3. The van der Waals surface area contributed by atoms with Crippen LogP contribution in [0.5, 0.6) is 0 Å². The lowest BCUT2D eigenvalue weighted by atomic mass is 10.1. The number of imidazole rings is 1. The van der Waals surface area contributed by atoms with Crippen LogP contribution in [-0.2, 0) is 13.1 Å². The normalized spacial score (nSPS) is 14.7. The minimum Gasteiger partial charge on any atom is -0.368 e. The number of guanidine groups is 1. The Hall–Kier alpha value is -3.35. The standard InChI is InChI=1S/C24H29FN6/c1-2-27-24(31-14-12-30(13-15-31)23-8-6-22(25)7-9-23)28-17-20-4-3-5-21(16-20)18-29-11-10-26-19-29/h3-11,16,19H,2,12-15,17-18H2,1H3,(H,27,28). The summed E-state index contributed by atoms with van der Waals surface area (Å²) in [5, 5.41) is 3.43. The second-order valence-electron chi connectivity index (χ2n) is 7.68. The fraction of sp³-hybridized carbons (Fsp3) is 0.333. The maximum Gasteiger partial charge on any atom is 0.194 e. The Morgan fingerprint density at radius 3 is 2.55 bits per heavy atom. The summed E-state index contributed by atoms with van der Waals surface area (Å²) in [6.07, 6.45) is 5.60. The number of aliphatic imine (C=N–C) groups is 1. The second-order valence-corrected chi connectivity index (χ2v) is 7.68. The van der Waals surface area contributed by atoms with Crippen LogP contribution in [0.25, 0.3) is 0 Å². The second kappa shape index (κ2) is 10.1. The van der Waals surface area contributed by atoms with Gasteiger partial charge in [0.1, 0.15) is 5.82 Å². The van der Waals surface area contributed by atoms with Crippen molar-refractivity contribution in [2.45, 2.75) is 20.0 Å². The van der Waals surface area contributed by atoms with Crippen LogP contribution < -0.4 is 10.2 Å². The van der Waals surface area contributed by atoms with Crippen molar-refractivity contribution in [3.63, 3.8) is 0 Å². The van der Waals surface area contributed by atoms with Crippen LogP contribution in [0.4, 0.5) is 10.1 Å². The lowest BCUT2D eigenvalue weighted by Gasteiger charge is -2.37. The van der Waals surface area contributed by atoms with Crippen LogP contribution in [0.1, 0.15) is 18.1 Å². The number of rotatable bonds is 6. The number of aromatic nitrogens is 2. The lowest BCUT2D eigenvalue weighted by molar-refractivity contribution is 0.372. The van der Waals surface area contributed by atoms with Gasteiger partial charge in [-0.25, -0.2) is 14.4 Å². The van der Waals surface area contributed by atoms with Crippen molar-refractivity contribution in [3.8, 4) is 0 Å². The molecule has 0 unspecified atom stereocenters. The van der Waals surface area contributed by atoms with Gasteiger partial charge in [-0.1, -0.05) is 24.3 Å². The number of piperazine rings is 1. The van der Waals surface area contributed by atoms with Crippen molar-refractivity contribution in [3.05, 3.63) is 84.2 Å². The van der Waals surface area contributed by atoms with Crippen molar-refractivity contribution in [1.82, 2.24) is 19.8 Å². The van der Waals surface area contributed by atoms with Crippen LogP contribution in [0, 0.1) is 5.82 Å². The Kier molecular flexibility index (Phi) is 6.82. The van der Waals surface area contributed by atoms with E-state index in [0.717, 1.165) is 50.9 Å². The molecule has 7 heteroatoms. The molecule has 2 heterocycles. The number of nitrogens with one attached hydrogen (secondary N) is 1. The number of hydrogen-bond acceptors (Lipinski definition) is 3. The van der Waals surface area contributed by atoms with E-state index in [1.807, 2.05) is 24.7 Å². The number of nitrogens with zero attached hydrogens (tertiary/aromatic N) is 5. The van der Waals surface area contributed by atoms with Crippen molar-refractivity contribution in [2.75, 3.05) is 37.6 Å². The first-order valence-corrected chi connectivity index (χ1v) is 10.8. The number of anilines is 1. The van der Waals surface area contributed by atoms with Gasteiger partial charge in [-0.05, 0) is 42.3 Å². The third kappa shape index (κ3) is 5.63. The van der Waals surface area contributed by atoms with Gasteiger partial charge in [0, 0.05) is 57.3 Å². The van der Waals surface area contributed by atoms with Crippen LogP contribution >= 0.6 is 0 Å². The van der Waals surface area contributed by atoms with E-state index < -0.39 is 0 Å². The molecule has 6 nitrogen and oxygen atoms in total. The molecule has 3 aromatic rings. The highest BCUT2D eigenvalue weighted by molar-refractivity contribution is 5.80. The van der Waals surface area contributed by atoms with Crippen molar-refractivity contribution in [1.29, 1.82) is 0 Å². The van der Waals surface area contributed by atoms with Gasteiger partial charge in [-0.3, -0.25) is 0 Å². The first kappa shape index (κ1) is 20.9. The monoisotopic (exact) mass is 420 g/mol. The summed E-state index contributed by atoms with van der Waals surface area (Å²) in [5.41, 5.74) is 3.50. The zero-order chi connectivity index (χ0) is 21.5. The van der Waals surface area contributed by atoms with Crippen molar-refractivity contribution >= 4 is 11.6 Å². The molecule has 0 saturated carbocycles. The Morgan fingerprint density at radius 1 is 1.06 bits per heavy atom. The Morgan fingerprint density at radius 2 is 1.84 bits per heavy atom. The number of halogens is 1. The maximum absolute atomic E-state index is 13.2. The highest BCUT2D eigenvalue weighted by Crippen LogP contribution is 2.17. The molecule has 2 aromatic carbocycles. The molecular formula is C24H29FN6. The molecule has 1 fully saturated rings. The molecule has 1 saturated heterocycles. The molecule has 0 spiro atoms. The van der Waals surface area contributed by atoms with Gasteiger partial charge in [-0.15, -0.1) is 0 Å². The average Bonchev–Trinajstić information content (AvgIpc) is 3.31. The van der Waals surface area contributed by atoms with Crippen LogP contribution in [-0.4, -0.2) is 53.1 Å². The van der Waals surface area contributed by atoms with Crippen molar-refractivity contribution in [2.24, 2.45) is 4.99 Å². The topological polar surface area (TPSA) is 48.7 Å². The Bertz CT molecular complexity index is 976. The summed E-state index contributed by atoms with van der Waals surface area (Å²) >= 11 is 0. The first-order valence-electron chi connectivity index (χ1n) is 10.8. The largest absolute Gasteiger partial charge is 0.368 e. The van der Waals surface area contributed by atoms with E-state index in [1.54, 1.807) is 6.20 Å². The van der Waals surface area contributed by atoms with Crippen LogP contribution in [0.15, 0.2) is 72.2 Å². The van der Waals surface area contributed by atoms with Gasteiger partial charge >= 0.3 is 0 Å². The first-order chi connectivity index (χ1) is 15.2. The quantitative estimate of drug-likeness (QED) is 0.491. The average molecular weight is 421 g/mol. The van der Waals surface area contributed by atoms with Gasteiger partial charge in [0.05, 0.1) is 12.9 Å². The minimum atomic E-state index is -0.196.